The van der Waals surface area contributed by atoms with Gasteiger partial charge in [0, 0.05) is 29.3 Å². The largest absolute Gasteiger partial charge is 0.481 e. The van der Waals surface area contributed by atoms with Gasteiger partial charge in [-0.1, -0.05) is 43.2 Å². The number of carboxylic acid groups (broad SMARTS) is 1. The first-order valence-electron chi connectivity index (χ1n) is 10.8. The maximum Gasteiger partial charge on any atom is 0.311 e. The molecule has 1 N–H and O–H groups in total. The number of aromatic nitrogens is 2. The quantitative estimate of drug-likeness (QED) is 0.666. The number of rotatable bonds is 5. The van der Waals surface area contributed by atoms with Gasteiger partial charge >= 0.3 is 5.97 Å². The Morgan fingerprint density at radius 1 is 1.20 bits per heavy atom. The van der Waals surface area contributed by atoms with Crippen LogP contribution in [0, 0.1) is 6.92 Å². The van der Waals surface area contributed by atoms with Gasteiger partial charge in [0.1, 0.15) is 5.65 Å². The minimum Gasteiger partial charge on any atom is -0.481 e. The lowest BCUT2D eigenvalue weighted by Crippen LogP contribution is -2.29. The highest BCUT2D eigenvalue weighted by molar-refractivity contribution is 5.97. The Hall–Kier alpha value is -2.95. The molecule has 1 atom stereocenters. The van der Waals surface area contributed by atoms with Gasteiger partial charge in [-0.05, 0) is 56.2 Å². The van der Waals surface area contributed by atoms with Crippen molar-refractivity contribution in [2.75, 3.05) is 0 Å². The molecule has 1 aliphatic carbocycles. The van der Waals surface area contributed by atoms with E-state index in [1.54, 1.807) is 11.6 Å². The molecule has 2 heterocycles. The van der Waals surface area contributed by atoms with Crippen molar-refractivity contribution < 1.29 is 9.90 Å². The zero-order valence-electron chi connectivity index (χ0n) is 17.9. The fourth-order valence-electron chi connectivity index (χ4n) is 4.63. The van der Waals surface area contributed by atoms with Gasteiger partial charge in [-0.25, -0.2) is 4.98 Å². The van der Waals surface area contributed by atoms with Crippen molar-refractivity contribution in [2.45, 2.75) is 58.3 Å². The molecule has 1 unspecified atom stereocenters. The van der Waals surface area contributed by atoms with Crippen molar-refractivity contribution in [2.24, 2.45) is 7.05 Å². The summed E-state index contributed by atoms with van der Waals surface area (Å²) in [6.07, 6.45) is 5.25. The van der Waals surface area contributed by atoms with Crippen LogP contribution in [0.25, 0.3) is 22.2 Å². The summed E-state index contributed by atoms with van der Waals surface area (Å²) in [6, 6.07) is 10.1. The Bertz CT molecular complexity index is 1180. The number of hydrogen-bond donors (Lipinski definition) is 1. The third-order valence-electron chi connectivity index (χ3n) is 6.24. The molecule has 156 valence electrons. The summed E-state index contributed by atoms with van der Waals surface area (Å²) < 4.78 is 1.54. The minimum absolute atomic E-state index is 0.262. The molecular formula is C25H28N2O3. The van der Waals surface area contributed by atoms with Crippen molar-refractivity contribution in [3.05, 3.63) is 63.1 Å². The summed E-state index contributed by atoms with van der Waals surface area (Å²) in [6.45, 7) is 3.97. The number of carboxylic acids is 1. The Morgan fingerprint density at radius 3 is 2.57 bits per heavy atom. The van der Waals surface area contributed by atoms with Crippen LogP contribution in [0.1, 0.15) is 60.9 Å². The van der Waals surface area contributed by atoms with Gasteiger partial charge in [0.05, 0.1) is 5.92 Å². The fourth-order valence-corrected chi connectivity index (χ4v) is 4.63. The molecule has 3 aromatic rings. The van der Waals surface area contributed by atoms with E-state index in [-0.39, 0.29) is 5.56 Å². The average molecular weight is 405 g/mol. The standard InChI is InChI=1S/C25H28N2O3/c1-4-7-18(25(29)30)22-21(16-12-10-15(2)11-13-16)19-14-17-8-5-6-9-20(17)26-23(19)27(3)24(22)28/h10-14,18H,4-9H2,1-3H3,(H,29,30). The fraction of sp³-hybridized carbons (Fsp3) is 0.400. The molecule has 5 heteroatoms. The highest BCUT2D eigenvalue weighted by atomic mass is 16.4. The first-order valence-corrected chi connectivity index (χ1v) is 10.8. The van der Waals surface area contributed by atoms with Gasteiger partial charge in [0.15, 0.2) is 0 Å². The molecule has 2 aromatic heterocycles. The number of carbonyl (C=O) groups is 1. The lowest BCUT2D eigenvalue weighted by Gasteiger charge is -2.22. The molecular weight excluding hydrogens is 376 g/mol. The Balaban J connectivity index is 2.14. The topological polar surface area (TPSA) is 72.2 Å². The molecule has 1 aliphatic rings. The van der Waals surface area contributed by atoms with Crippen molar-refractivity contribution in [3.8, 4) is 11.1 Å². The number of nitrogens with zero attached hydrogens (tertiary/aromatic N) is 2. The van der Waals surface area contributed by atoms with Crippen LogP contribution < -0.4 is 5.56 Å². The molecule has 1 aromatic carbocycles. The molecule has 4 rings (SSSR count). The van der Waals surface area contributed by atoms with E-state index in [9.17, 15) is 14.7 Å². The van der Waals surface area contributed by atoms with Crippen LogP contribution in [0.3, 0.4) is 0 Å². The molecule has 0 amide bonds. The second-order valence-corrected chi connectivity index (χ2v) is 8.37. The van der Waals surface area contributed by atoms with Crippen LogP contribution in [-0.4, -0.2) is 20.6 Å². The molecule has 0 saturated carbocycles. The van der Waals surface area contributed by atoms with Crippen LogP contribution in [0.4, 0.5) is 0 Å². The maximum atomic E-state index is 13.5. The number of benzene rings is 1. The van der Waals surface area contributed by atoms with Crippen LogP contribution in [0.2, 0.25) is 0 Å². The van der Waals surface area contributed by atoms with E-state index in [0.29, 0.717) is 24.1 Å². The molecule has 0 bridgehead atoms. The minimum atomic E-state index is -0.951. The summed E-state index contributed by atoms with van der Waals surface area (Å²) in [4.78, 5) is 30.6. The lowest BCUT2D eigenvalue weighted by atomic mass is 9.85. The van der Waals surface area contributed by atoms with Gasteiger partial charge in [0.2, 0.25) is 0 Å². The van der Waals surface area contributed by atoms with Crippen molar-refractivity contribution in [1.29, 1.82) is 0 Å². The summed E-state index contributed by atoms with van der Waals surface area (Å²) >= 11 is 0. The summed E-state index contributed by atoms with van der Waals surface area (Å²) in [5.74, 6) is -1.79. The molecule has 0 radical (unpaired) electrons. The molecule has 0 fully saturated rings. The molecule has 30 heavy (non-hydrogen) atoms. The predicted molar refractivity (Wildman–Crippen MR) is 119 cm³/mol. The van der Waals surface area contributed by atoms with Gasteiger partial charge in [-0.2, -0.15) is 0 Å². The van der Waals surface area contributed by atoms with Gasteiger partial charge in [-0.3, -0.25) is 14.2 Å². The second-order valence-electron chi connectivity index (χ2n) is 8.37. The molecule has 5 nitrogen and oxygen atoms in total. The van der Waals surface area contributed by atoms with Gasteiger partial charge < -0.3 is 5.11 Å². The van der Waals surface area contributed by atoms with E-state index < -0.39 is 11.9 Å². The Labute approximate surface area is 176 Å². The SMILES string of the molecule is CCCC(C(=O)O)c1c(-c2ccc(C)cc2)c2cc3c(nc2n(C)c1=O)CCCC3. The normalized spacial score (nSPS) is 14.5. The Morgan fingerprint density at radius 2 is 1.90 bits per heavy atom. The van der Waals surface area contributed by atoms with E-state index in [1.165, 1.54) is 5.56 Å². The molecule has 0 saturated heterocycles. The van der Waals surface area contributed by atoms with Gasteiger partial charge in [-0.15, -0.1) is 0 Å². The third-order valence-corrected chi connectivity index (χ3v) is 6.24. The first kappa shape index (κ1) is 20.3. The maximum absolute atomic E-state index is 13.5. The third kappa shape index (κ3) is 3.42. The van der Waals surface area contributed by atoms with Crippen LogP contribution in [-0.2, 0) is 24.7 Å². The highest BCUT2D eigenvalue weighted by Gasteiger charge is 2.29. The van der Waals surface area contributed by atoms with Gasteiger partial charge in [0.25, 0.3) is 5.56 Å². The number of fused-ring (bicyclic) bond motifs is 2. The van der Waals surface area contributed by atoms with E-state index in [1.807, 2.05) is 38.1 Å². The second kappa shape index (κ2) is 8.05. The van der Waals surface area contributed by atoms with E-state index in [4.69, 9.17) is 4.98 Å². The molecule has 0 spiro atoms. The van der Waals surface area contributed by atoms with Crippen molar-refractivity contribution >= 4 is 17.0 Å². The van der Waals surface area contributed by atoms with Crippen LogP contribution in [0.15, 0.2) is 35.1 Å². The predicted octanol–water partition coefficient (Wildman–Crippen LogP) is 4.76. The highest BCUT2D eigenvalue weighted by Crippen LogP contribution is 2.37. The summed E-state index contributed by atoms with van der Waals surface area (Å²) in [5.41, 5.74) is 5.76. The van der Waals surface area contributed by atoms with E-state index in [0.717, 1.165) is 53.5 Å². The van der Waals surface area contributed by atoms with E-state index in [2.05, 4.69) is 6.07 Å². The lowest BCUT2D eigenvalue weighted by molar-refractivity contribution is -0.139. The van der Waals surface area contributed by atoms with Crippen LogP contribution in [0.5, 0.6) is 0 Å². The van der Waals surface area contributed by atoms with Crippen LogP contribution >= 0.6 is 0 Å². The smallest absolute Gasteiger partial charge is 0.311 e. The van der Waals surface area contributed by atoms with Crippen molar-refractivity contribution in [1.82, 2.24) is 9.55 Å². The zero-order valence-corrected chi connectivity index (χ0v) is 17.9. The number of pyridine rings is 2. The first-order chi connectivity index (χ1) is 14.4. The average Bonchev–Trinajstić information content (AvgIpc) is 2.74. The monoisotopic (exact) mass is 404 g/mol. The number of hydrogen-bond acceptors (Lipinski definition) is 3. The summed E-state index contributed by atoms with van der Waals surface area (Å²) in [7, 11) is 1.71. The number of aliphatic carboxylic acids is 1. The Kier molecular flexibility index (Phi) is 5.46. The summed E-state index contributed by atoms with van der Waals surface area (Å²) in [5, 5.41) is 10.9. The molecule has 0 aliphatic heterocycles. The van der Waals surface area contributed by atoms with Crippen molar-refractivity contribution in [3.63, 3.8) is 0 Å². The number of aryl methyl sites for hydroxylation is 4. The zero-order chi connectivity index (χ0) is 21.4. The van der Waals surface area contributed by atoms with E-state index >= 15 is 0 Å².